The van der Waals surface area contributed by atoms with E-state index in [0.717, 1.165) is 16.4 Å². The quantitative estimate of drug-likeness (QED) is 0.533. The molecule has 0 saturated carbocycles. The Morgan fingerprint density at radius 1 is 1.07 bits per heavy atom. The van der Waals surface area contributed by atoms with Crippen LogP contribution in [0.3, 0.4) is 0 Å². The summed E-state index contributed by atoms with van der Waals surface area (Å²) < 4.78 is 53.7. The lowest BCUT2D eigenvalue weighted by Gasteiger charge is -2.41. The first-order chi connectivity index (χ1) is 13.3. The number of sulfonamides is 1. The fourth-order valence-corrected chi connectivity index (χ4v) is 5.12. The second-order valence-corrected chi connectivity index (χ2v) is 8.65. The first-order valence-electron chi connectivity index (χ1n) is 8.91. The van der Waals surface area contributed by atoms with E-state index in [1.54, 1.807) is 6.08 Å². The molecule has 28 heavy (non-hydrogen) atoms. The Morgan fingerprint density at radius 3 is 2.39 bits per heavy atom. The molecule has 2 aliphatic heterocycles. The molecule has 0 unspecified atom stereocenters. The number of rotatable bonds is 5. The van der Waals surface area contributed by atoms with Gasteiger partial charge in [0.2, 0.25) is 10.0 Å². The number of amides is 2. The van der Waals surface area contributed by atoms with Gasteiger partial charge in [0.05, 0.1) is 0 Å². The number of hydrogen-bond acceptors (Lipinski definition) is 4. The largest absolute Gasteiger partial charge is 0.330 e. The van der Waals surface area contributed by atoms with E-state index in [1.807, 2.05) is 0 Å². The average Bonchev–Trinajstić information content (AvgIpc) is 2.68. The Hall–Kier alpha value is -2.33. The second kappa shape index (κ2) is 7.96. The molecule has 0 radical (unpaired) electrons. The van der Waals surface area contributed by atoms with Crippen LogP contribution in [0, 0.1) is 11.6 Å². The van der Waals surface area contributed by atoms with Crippen LogP contribution in [0.1, 0.15) is 12.8 Å². The van der Waals surface area contributed by atoms with Gasteiger partial charge in [-0.05, 0) is 31.0 Å². The molecule has 0 atom stereocenters. The zero-order chi connectivity index (χ0) is 20.5. The number of nitrogens with zero attached hydrogens (tertiary/aromatic N) is 3. The van der Waals surface area contributed by atoms with Gasteiger partial charge in [-0.2, -0.15) is 4.31 Å². The Labute approximate surface area is 162 Å². The van der Waals surface area contributed by atoms with Crippen LogP contribution < -0.4 is 0 Å². The summed E-state index contributed by atoms with van der Waals surface area (Å²) in [6.45, 7) is 4.73. The van der Waals surface area contributed by atoms with Crippen LogP contribution in [-0.4, -0.2) is 73.1 Å². The van der Waals surface area contributed by atoms with Gasteiger partial charge in [0, 0.05) is 38.8 Å². The molecule has 2 heterocycles. The summed E-state index contributed by atoms with van der Waals surface area (Å²) in [5.74, 6) is -3.05. The predicted molar refractivity (Wildman–Crippen MR) is 96.6 cm³/mol. The molecule has 7 nitrogen and oxygen atoms in total. The number of carbonyl (C=O) groups is 2. The third-order valence-electron chi connectivity index (χ3n) is 5.07. The van der Waals surface area contributed by atoms with Crippen LogP contribution in [0.2, 0.25) is 0 Å². The minimum atomic E-state index is -4.18. The molecule has 1 aromatic rings. The smallest absolute Gasteiger partial charge is 0.312 e. The van der Waals surface area contributed by atoms with Crippen LogP contribution in [-0.2, 0) is 19.6 Å². The van der Waals surface area contributed by atoms with E-state index >= 15 is 0 Å². The van der Waals surface area contributed by atoms with Crippen molar-refractivity contribution in [3.63, 3.8) is 0 Å². The Balaban J connectivity index is 1.68. The van der Waals surface area contributed by atoms with Gasteiger partial charge in [-0.3, -0.25) is 9.59 Å². The van der Waals surface area contributed by atoms with Crippen LogP contribution in [0.25, 0.3) is 0 Å². The standard InChI is InChI=1S/C18H21F2N3O4S/c1-2-7-21-10-11-23(18(25)17(21)24)14-5-8-22(9-6-14)28(26,27)16-12-13(19)3-4-15(16)20/h2-4,12,14H,1,5-11H2. The molecular weight excluding hydrogens is 392 g/mol. The van der Waals surface area contributed by atoms with E-state index < -0.39 is 38.4 Å². The monoisotopic (exact) mass is 413 g/mol. The third-order valence-corrected chi connectivity index (χ3v) is 6.98. The molecule has 0 aliphatic carbocycles. The van der Waals surface area contributed by atoms with Gasteiger partial charge in [0.25, 0.3) is 0 Å². The molecule has 2 amide bonds. The highest BCUT2D eigenvalue weighted by Gasteiger charge is 2.39. The highest BCUT2D eigenvalue weighted by Crippen LogP contribution is 2.26. The van der Waals surface area contributed by atoms with Crippen molar-refractivity contribution >= 4 is 21.8 Å². The van der Waals surface area contributed by atoms with E-state index in [2.05, 4.69) is 6.58 Å². The first-order valence-corrected chi connectivity index (χ1v) is 10.4. The lowest BCUT2D eigenvalue weighted by atomic mass is 10.0. The number of halogens is 2. The Morgan fingerprint density at radius 2 is 1.75 bits per heavy atom. The molecular formula is C18H21F2N3O4S. The highest BCUT2D eigenvalue weighted by molar-refractivity contribution is 7.89. The van der Waals surface area contributed by atoms with Crippen molar-refractivity contribution in [2.45, 2.75) is 23.8 Å². The van der Waals surface area contributed by atoms with E-state index in [9.17, 15) is 26.8 Å². The molecule has 10 heteroatoms. The average molecular weight is 413 g/mol. The summed E-state index contributed by atoms with van der Waals surface area (Å²) in [4.78, 5) is 26.7. The first kappa shape index (κ1) is 20.4. The summed E-state index contributed by atoms with van der Waals surface area (Å²) in [5.41, 5.74) is 0. The fourth-order valence-electron chi connectivity index (χ4n) is 3.58. The molecule has 0 bridgehead atoms. The predicted octanol–water partition coefficient (Wildman–Crippen LogP) is 0.975. The van der Waals surface area contributed by atoms with Crippen LogP contribution in [0.15, 0.2) is 35.7 Å². The molecule has 0 spiro atoms. The number of hydrogen-bond donors (Lipinski definition) is 0. The zero-order valence-corrected chi connectivity index (χ0v) is 16.0. The zero-order valence-electron chi connectivity index (χ0n) is 15.2. The second-order valence-electron chi connectivity index (χ2n) is 6.75. The maximum atomic E-state index is 13.9. The molecule has 3 rings (SSSR count). The molecule has 1 aromatic carbocycles. The highest BCUT2D eigenvalue weighted by atomic mass is 32.2. The summed E-state index contributed by atoms with van der Waals surface area (Å²) in [7, 11) is -4.18. The van der Waals surface area contributed by atoms with Crippen molar-refractivity contribution in [2.24, 2.45) is 0 Å². The number of carbonyl (C=O) groups excluding carboxylic acids is 2. The number of benzene rings is 1. The van der Waals surface area contributed by atoms with Gasteiger partial charge in [0.1, 0.15) is 16.5 Å². The van der Waals surface area contributed by atoms with Gasteiger partial charge in [-0.25, -0.2) is 17.2 Å². The molecule has 2 fully saturated rings. The van der Waals surface area contributed by atoms with E-state index in [-0.39, 0.29) is 19.1 Å². The van der Waals surface area contributed by atoms with Gasteiger partial charge in [0.15, 0.2) is 0 Å². The van der Waals surface area contributed by atoms with Gasteiger partial charge in [-0.1, -0.05) is 6.08 Å². The molecule has 0 aromatic heterocycles. The van der Waals surface area contributed by atoms with Crippen molar-refractivity contribution in [3.05, 3.63) is 42.5 Å². The van der Waals surface area contributed by atoms with Crippen molar-refractivity contribution in [2.75, 3.05) is 32.7 Å². The van der Waals surface area contributed by atoms with Gasteiger partial charge < -0.3 is 9.80 Å². The Kier molecular flexibility index (Phi) is 5.80. The molecule has 152 valence electrons. The maximum Gasteiger partial charge on any atom is 0.312 e. The maximum absolute atomic E-state index is 13.9. The fraction of sp³-hybridized carbons (Fsp3) is 0.444. The summed E-state index contributed by atoms with van der Waals surface area (Å²) >= 11 is 0. The van der Waals surface area contributed by atoms with Crippen molar-refractivity contribution in [1.82, 2.24) is 14.1 Å². The normalized spacial score (nSPS) is 19.9. The van der Waals surface area contributed by atoms with Crippen molar-refractivity contribution in [1.29, 1.82) is 0 Å². The van der Waals surface area contributed by atoms with E-state index in [1.165, 1.54) is 9.80 Å². The topological polar surface area (TPSA) is 78.0 Å². The lowest BCUT2D eigenvalue weighted by Crippen LogP contribution is -2.59. The summed E-state index contributed by atoms with van der Waals surface area (Å²) in [6.07, 6.45) is 2.18. The third kappa shape index (κ3) is 3.79. The Bertz CT molecular complexity index is 898. The van der Waals surface area contributed by atoms with Gasteiger partial charge in [-0.15, -0.1) is 6.58 Å². The molecule has 0 N–H and O–H groups in total. The van der Waals surface area contributed by atoms with Crippen molar-refractivity contribution < 1.29 is 26.8 Å². The number of piperidine rings is 1. The lowest BCUT2D eigenvalue weighted by molar-refractivity contribution is -0.157. The minimum Gasteiger partial charge on any atom is -0.330 e. The van der Waals surface area contributed by atoms with Crippen LogP contribution in [0.4, 0.5) is 8.78 Å². The summed E-state index contributed by atoms with van der Waals surface area (Å²) in [6, 6.07) is 2.03. The van der Waals surface area contributed by atoms with Gasteiger partial charge >= 0.3 is 11.8 Å². The van der Waals surface area contributed by atoms with Crippen LogP contribution >= 0.6 is 0 Å². The molecule has 2 saturated heterocycles. The minimum absolute atomic E-state index is 0.0529. The van der Waals surface area contributed by atoms with Crippen LogP contribution in [0.5, 0.6) is 0 Å². The number of piperazine rings is 1. The summed E-state index contributed by atoms with van der Waals surface area (Å²) in [5, 5.41) is 0. The molecule has 2 aliphatic rings. The SMILES string of the molecule is C=CCN1CCN(C2CCN(S(=O)(=O)c3cc(F)ccc3F)CC2)C(=O)C1=O. The van der Waals surface area contributed by atoms with Crippen molar-refractivity contribution in [3.8, 4) is 0 Å². The van der Waals surface area contributed by atoms with E-state index in [0.29, 0.717) is 38.5 Å². The van der Waals surface area contributed by atoms with E-state index in [4.69, 9.17) is 0 Å².